The smallest absolute Gasteiger partial charge is 0.412 e. The number of carbonyl (C=O) groups is 3. The van der Waals surface area contributed by atoms with Crippen LogP contribution in [0.5, 0.6) is 0 Å². The van der Waals surface area contributed by atoms with E-state index in [1.807, 2.05) is 36.4 Å². The second kappa shape index (κ2) is 10.2. The van der Waals surface area contributed by atoms with Crippen LogP contribution in [-0.4, -0.2) is 65.0 Å². The third-order valence-electron chi connectivity index (χ3n) is 5.92. The van der Waals surface area contributed by atoms with Gasteiger partial charge in [0.05, 0.1) is 18.6 Å². The van der Waals surface area contributed by atoms with E-state index in [2.05, 4.69) is 5.32 Å². The second-order valence-corrected chi connectivity index (χ2v) is 9.65. The number of nitrogens with one attached hydrogen (secondary N) is 1. The minimum Gasteiger partial charge on any atom is -0.445 e. The average Bonchev–Trinajstić information content (AvgIpc) is 3.39. The number of amides is 3. The first-order valence-corrected chi connectivity index (χ1v) is 11.7. The Morgan fingerprint density at radius 3 is 2.26 bits per heavy atom. The Morgan fingerprint density at radius 2 is 1.60 bits per heavy atom. The van der Waals surface area contributed by atoms with Crippen LogP contribution in [-0.2, 0) is 20.8 Å². The molecule has 35 heavy (non-hydrogen) atoms. The molecule has 2 fully saturated rings. The number of nitrogens with zero attached hydrogens (tertiary/aromatic N) is 2. The maximum atomic E-state index is 13.0. The molecule has 3 unspecified atom stereocenters. The van der Waals surface area contributed by atoms with Crippen LogP contribution in [0.15, 0.2) is 60.7 Å². The van der Waals surface area contributed by atoms with E-state index in [9.17, 15) is 14.4 Å². The van der Waals surface area contributed by atoms with Crippen LogP contribution in [0.25, 0.3) is 0 Å². The summed E-state index contributed by atoms with van der Waals surface area (Å²) in [6, 6.07) is 17.4. The van der Waals surface area contributed by atoms with Crippen molar-refractivity contribution in [2.45, 2.75) is 57.6 Å². The topological polar surface area (TPSA) is 97.4 Å². The summed E-state index contributed by atoms with van der Waals surface area (Å²) in [5.74, 6) is 0. The van der Waals surface area contributed by atoms with Gasteiger partial charge in [-0.25, -0.2) is 14.4 Å². The average molecular weight is 482 g/mol. The van der Waals surface area contributed by atoms with Gasteiger partial charge in [0.2, 0.25) is 0 Å². The summed E-state index contributed by atoms with van der Waals surface area (Å²) in [6.07, 6.45) is -1.87. The van der Waals surface area contributed by atoms with Crippen LogP contribution >= 0.6 is 0 Å². The Bertz CT molecular complexity index is 1040. The molecule has 0 spiro atoms. The number of anilines is 1. The maximum absolute atomic E-state index is 13.0. The summed E-state index contributed by atoms with van der Waals surface area (Å²) in [6.45, 7) is 6.01. The summed E-state index contributed by atoms with van der Waals surface area (Å²) in [4.78, 5) is 41.7. The first-order valence-electron chi connectivity index (χ1n) is 11.7. The molecule has 3 amide bonds. The third-order valence-corrected chi connectivity index (χ3v) is 5.92. The lowest BCUT2D eigenvalue weighted by atomic mass is 10.1. The number of hydrogen-bond donors (Lipinski definition) is 1. The summed E-state index contributed by atoms with van der Waals surface area (Å²) >= 11 is 0. The molecule has 2 aliphatic heterocycles. The Hall–Kier alpha value is -3.75. The number of benzene rings is 2. The Labute approximate surface area is 204 Å². The van der Waals surface area contributed by atoms with Crippen molar-refractivity contribution in [2.24, 2.45) is 0 Å². The lowest BCUT2D eigenvalue weighted by Gasteiger charge is -2.28. The van der Waals surface area contributed by atoms with Crippen molar-refractivity contribution in [3.63, 3.8) is 0 Å². The number of rotatable bonds is 4. The molecule has 186 valence electrons. The van der Waals surface area contributed by atoms with E-state index < -0.39 is 36.0 Å². The maximum Gasteiger partial charge on any atom is 0.412 e. The van der Waals surface area contributed by atoms with E-state index in [1.165, 1.54) is 0 Å². The zero-order valence-corrected chi connectivity index (χ0v) is 20.2. The predicted molar refractivity (Wildman–Crippen MR) is 129 cm³/mol. The number of likely N-dealkylation sites (tertiary alicyclic amines) is 2. The summed E-state index contributed by atoms with van der Waals surface area (Å²) in [5.41, 5.74) is 0.776. The van der Waals surface area contributed by atoms with Gasteiger partial charge in [-0.1, -0.05) is 48.5 Å². The molecule has 2 aromatic carbocycles. The first-order chi connectivity index (χ1) is 16.7. The van der Waals surface area contributed by atoms with E-state index in [1.54, 1.807) is 54.8 Å². The summed E-state index contributed by atoms with van der Waals surface area (Å²) < 4.78 is 16.9. The van der Waals surface area contributed by atoms with Gasteiger partial charge in [0.1, 0.15) is 18.3 Å². The monoisotopic (exact) mass is 481 g/mol. The van der Waals surface area contributed by atoms with E-state index in [0.717, 1.165) is 5.56 Å². The largest absolute Gasteiger partial charge is 0.445 e. The number of carbonyl (C=O) groups excluding carboxylic acids is 3. The van der Waals surface area contributed by atoms with Gasteiger partial charge in [0, 0.05) is 12.2 Å². The molecule has 9 nitrogen and oxygen atoms in total. The lowest BCUT2D eigenvalue weighted by Crippen LogP contribution is -2.47. The van der Waals surface area contributed by atoms with Crippen molar-refractivity contribution < 1.29 is 28.6 Å². The van der Waals surface area contributed by atoms with Gasteiger partial charge in [-0.15, -0.1) is 0 Å². The van der Waals surface area contributed by atoms with E-state index in [-0.39, 0.29) is 19.2 Å². The second-order valence-electron chi connectivity index (χ2n) is 9.65. The number of hydrogen-bond acceptors (Lipinski definition) is 6. The molecule has 4 rings (SSSR count). The molecule has 0 radical (unpaired) electrons. The van der Waals surface area contributed by atoms with Gasteiger partial charge in [0.25, 0.3) is 0 Å². The van der Waals surface area contributed by atoms with Crippen molar-refractivity contribution in [3.05, 3.63) is 66.2 Å². The van der Waals surface area contributed by atoms with Crippen molar-refractivity contribution in [1.82, 2.24) is 9.80 Å². The molecule has 2 aromatic rings. The molecule has 3 atom stereocenters. The van der Waals surface area contributed by atoms with Crippen LogP contribution in [0.3, 0.4) is 0 Å². The first kappa shape index (κ1) is 24.4. The molecule has 2 heterocycles. The van der Waals surface area contributed by atoms with Crippen molar-refractivity contribution >= 4 is 24.0 Å². The molecular weight excluding hydrogens is 450 g/mol. The Kier molecular flexibility index (Phi) is 7.14. The fourth-order valence-corrected chi connectivity index (χ4v) is 4.48. The van der Waals surface area contributed by atoms with Gasteiger partial charge >= 0.3 is 18.3 Å². The minimum absolute atomic E-state index is 0.120. The zero-order valence-electron chi connectivity index (χ0n) is 20.2. The van der Waals surface area contributed by atoms with E-state index in [4.69, 9.17) is 14.2 Å². The number of ether oxygens (including phenoxy) is 3. The van der Waals surface area contributed by atoms with Crippen LogP contribution in [0.2, 0.25) is 0 Å². The highest BCUT2D eigenvalue weighted by atomic mass is 16.6. The zero-order chi connectivity index (χ0) is 25.0. The van der Waals surface area contributed by atoms with Gasteiger partial charge in [-0.3, -0.25) is 15.1 Å². The number of fused-ring (bicyclic) bond motifs is 1. The van der Waals surface area contributed by atoms with Gasteiger partial charge in [-0.05, 0) is 44.9 Å². The quantitative estimate of drug-likeness (QED) is 0.640. The van der Waals surface area contributed by atoms with E-state index >= 15 is 0 Å². The molecule has 2 aliphatic rings. The van der Waals surface area contributed by atoms with E-state index in [0.29, 0.717) is 18.7 Å². The molecular formula is C26H31N3O6. The molecule has 0 aliphatic carbocycles. The van der Waals surface area contributed by atoms with Crippen LogP contribution in [0.1, 0.15) is 32.8 Å². The molecule has 9 heteroatoms. The highest BCUT2D eigenvalue weighted by Gasteiger charge is 2.54. The Morgan fingerprint density at radius 1 is 0.943 bits per heavy atom. The fourth-order valence-electron chi connectivity index (χ4n) is 4.48. The van der Waals surface area contributed by atoms with Gasteiger partial charge in [0.15, 0.2) is 0 Å². The van der Waals surface area contributed by atoms with Crippen LogP contribution in [0, 0.1) is 0 Å². The molecule has 0 bridgehead atoms. The van der Waals surface area contributed by atoms with Gasteiger partial charge in [-0.2, -0.15) is 0 Å². The summed E-state index contributed by atoms with van der Waals surface area (Å²) in [7, 11) is 0. The van der Waals surface area contributed by atoms with Crippen molar-refractivity contribution in [1.29, 1.82) is 0 Å². The Balaban J connectivity index is 1.48. The van der Waals surface area contributed by atoms with Crippen molar-refractivity contribution in [3.8, 4) is 0 Å². The van der Waals surface area contributed by atoms with Crippen molar-refractivity contribution in [2.75, 3.05) is 18.4 Å². The minimum atomic E-state index is -0.733. The molecule has 0 saturated carbocycles. The number of para-hydroxylation sites is 1. The predicted octanol–water partition coefficient (Wildman–Crippen LogP) is 4.63. The fraction of sp³-hybridized carbons (Fsp3) is 0.423. The normalized spacial score (nSPS) is 21.3. The standard InChI is InChI=1S/C26H31N3O6/c1-26(2,3)35-25(32)29-16-21(34-23(30)27-19-12-8-5-9-13-19)22-20(29)14-15-28(22)24(31)33-17-18-10-6-4-7-11-18/h4-13,20-22H,14-17H2,1-3H3,(H,27,30). The highest BCUT2D eigenvalue weighted by Crippen LogP contribution is 2.35. The highest BCUT2D eigenvalue weighted by molar-refractivity contribution is 5.84. The van der Waals surface area contributed by atoms with Crippen LogP contribution in [0.4, 0.5) is 20.1 Å². The third kappa shape index (κ3) is 6.03. The SMILES string of the molecule is CC(C)(C)OC(=O)N1CC(OC(=O)Nc2ccccc2)C2C1CCN2C(=O)OCc1ccccc1. The molecule has 0 aromatic heterocycles. The molecule has 2 saturated heterocycles. The lowest BCUT2D eigenvalue weighted by molar-refractivity contribution is 0.0203. The van der Waals surface area contributed by atoms with Gasteiger partial charge < -0.3 is 14.2 Å². The molecule has 1 N–H and O–H groups in total. The summed E-state index contributed by atoms with van der Waals surface area (Å²) in [5, 5.41) is 2.69. The van der Waals surface area contributed by atoms with Crippen LogP contribution < -0.4 is 5.32 Å².